The van der Waals surface area contributed by atoms with Gasteiger partial charge in [-0.1, -0.05) is 54.6 Å². The van der Waals surface area contributed by atoms with Gasteiger partial charge in [-0.15, -0.1) is 0 Å². The maximum absolute atomic E-state index is 12.4. The molecule has 2 amide bonds. The average Bonchev–Trinajstić information content (AvgIpc) is 3.23. The molecule has 0 bridgehead atoms. The lowest BCUT2D eigenvalue weighted by atomic mass is 10.1. The van der Waals surface area contributed by atoms with Crippen LogP contribution in [0.15, 0.2) is 60.7 Å². The average molecular weight is 390 g/mol. The second-order valence-electron chi connectivity index (χ2n) is 6.56. The summed E-state index contributed by atoms with van der Waals surface area (Å²) in [5.74, 6) is -0.726. The van der Waals surface area contributed by atoms with Crippen LogP contribution in [0.1, 0.15) is 28.5 Å². The lowest BCUT2D eigenvalue weighted by Crippen LogP contribution is -2.44. The Labute approximate surface area is 168 Å². The largest absolute Gasteiger partial charge is 0.384 e. The Morgan fingerprint density at radius 3 is 2.48 bits per heavy atom. The molecule has 2 aromatic carbocycles. The van der Waals surface area contributed by atoms with Gasteiger partial charge in [0.05, 0.1) is 5.69 Å². The molecule has 0 saturated carbocycles. The number of amides is 2. The van der Waals surface area contributed by atoms with E-state index in [0.717, 1.165) is 11.1 Å². The van der Waals surface area contributed by atoms with Gasteiger partial charge in [0.15, 0.2) is 0 Å². The maximum atomic E-state index is 12.4. The normalized spacial score (nSPS) is 11.5. The first kappa shape index (κ1) is 19.8. The van der Waals surface area contributed by atoms with Crippen molar-refractivity contribution in [2.24, 2.45) is 5.73 Å². The van der Waals surface area contributed by atoms with E-state index in [4.69, 9.17) is 11.1 Å². The van der Waals surface area contributed by atoms with Crippen molar-refractivity contribution in [3.05, 3.63) is 77.5 Å². The number of nitrogens with two attached hydrogens (primary N) is 1. The molecule has 0 radical (unpaired) electrons. The number of nitrogens with one attached hydrogen (secondary N) is 4. The summed E-state index contributed by atoms with van der Waals surface area (Å²) in [7, 11) is 0. The molecule has 0 aliphatic carbocycles. The second kappa shape index (κ2) is 8.83. The molecule has 0 fully saturated rings. The van der Waals surface area contributed by atoms with Crippen molar-refractivity contribution in [1.82, 2.24) is 20.8 Å². The van der Waals surface area contributed by atoms with Gasteiger partial charge in [0, 0.05) is 17.7 Å². The number of nitrogen functional groups attached to an aromatic ring is 1. The summed E-state index contributed by atoms with van der Waals surface area (Å²) < 4.78 is 0. The van der Waals surface area contributed by atoms with Crippen LogP contribution in [0, 0.1) is 5.41 Å². The van der Waals surface area contributed by atoms with E-state index >= 15 is 0 Å². The third kappa shape index (κ3) is 5.07. The van der Waals surface area contributed by atoms with E-state index < -0.39 is 11.9 Å². The number of nitrogens with zero attached hydrogens (tertiary/aromatic N) is 1. The molecule has 1 heterocycles. The first-order chi connectivity index (χ1) is 13.9. The highest BCUT2D eigenvalue weighted by molar-refractivity contribution is 5.97. The van der Waals surface area contributed by atoms with Gasteiger partial charge < -0.3 is 16.4 Å². The molecule has 148 valence electrons. The number of carbonyl (C=O) groups excluding carboxylic acids is 2. The van der Waals surface area contributed by atoms with E-state index in [1.54, 1.807) is 37.3 Å². The topological polar surface area (TPSA) is 137 Å². The summed E-state index contributed by atoms with van der Waals surface area (Å²) >= 11 is 0. The predicted molar refractivity (Wildman–Crippen MR) is 110 cm³/mol. The van der Waals surface area contributed by atoms with E-state index in [-0.39, 0.29) is 17.4 Å². The molecular formula is C21H22N6O2. The smallest absolute Gasteiger partial charge is 0.269 e. The Bertz CT molecular complexity index is 1010. The molecule has 6 N–H and O–H groups in total. The zero-order valence-corrected chi connectivity index (χ0v) is 15.9. The Morgan fingerprint density at radius 2 is 1.83 bits per heavy atom. The standard InChI is InChI=1S/C21H22N6O2/c1-13(20(28)24-12-14-7-9-16(10-8-14)19(22)23)25-21(29)18-11-17(26-27-18)15-5-3-2-4-6-15/h2-11,13H,12H2,1H3,(H3,22,23)(H,24,28)(H,25,29)(H,26,27). The molecule has 3 aromatic rings. The fourth-order valence-corrected chi connectivity index (χ4v) is 2.68. The molecule has 0 spiro atoms. The SMILES string of the molecule is CC(NC(=O)c1cc(-c2ccccc2)n[nH]1)C(=O)NCc1ccc(C(=N)N)cc1. The fourth-order valence-electron chi connectivity index (χ4n) is 2.68. The minimum Gasteiger partial charge on any atom is -0.384 e. The Hall–Kier alpha value is -3.94. The highest BCUT2D eigenvalue weighted by Gasteiger charge is 2.18. The zero-order valence-electron chi connectivity index (χ0n) is 15.9. The zero-order chi connectivity index (χ0) is 20.8. The Kier molecular flexibility index (Phi) is 6.03. The molecule has 0 saturated heterocycles. The fraction of sp³-hybridized carbons (Fsp3) is 0.143. The number of H-pyrrole nitrogens is 1. The van der Waals surface area contributed by atoms with Gasteiger partial charge in [0.2, 0.25) is 5.91 Å². The van der Waals surface area contributed by atoms with Crippen LogP contribution < -0.4 is 16.4 Å². The molecule has 3 rings (SSSR count). The molecule has 1 aromatic heterocycles. The molecule has 0 aliphatic heterocycles. The summed E-state index contributed by atoms with van der Waals surface area (Å²) in [4.78, 5) is 24.7. The van der Waals surface area contributed by atoms with Crippen molar-refractivity contribution >= 4 is 17.6 Å². The number of aromatic nitrogens is 2. The van der Waals surface area contributed by atoms with Crippen LogP contribution in [0.4, 0.5) is 0 Å². The van der Waals surface area contributed by atoms with Crippen molar-refractivity contribution in [2.45, 2.75) is 19.5 Å². The first-order valence-electron chi connectivity index (χ1n) is 9.07. The lowest BCUT2D eigenvalue weighted by Gasteiger charge is -2.13. The van der Waals surface area contributed by atoms with Crippen molar-refractivity contribution in [3.63, 3.8) is 0 Å². The summed E-state index contributed by atoms with van der Waals surface area (Å²) in [6, 6.07) is 17.4. The summed E-state index contributed by atoms with van der Waals surface area (Å²) in [5, 5.41) is 19.6. The third-order valence-electron chi connectivity index (χ3n) is 4.36. The minimum atomic E-state index is -0.720. The first-order valence-corrected chi connectivity index (χ1v) is 9.07. The summed E-state index contributed by atoms with van der Waals surface area (Å²) in [6.45, 7) is 1.92. The number of rotatable bonds is 7. The maximum Gasteiger partial charge on any atom is 0.269 e. The van der Waals surface area contributed by atoms with E-state index in [0.29, 0.717) is 17.8 Å². The predicted octanol–water partition coefficient (Wildman–Crippen LogP) is 1.80. The van der Waals surface area contributed by atoms with Crippen molar-refractivity contribution in [2.75, 3.05) is 0 Å². The number of benzene rings is 2. The van der Waals surface area contributed by atoms with Crippen LogP contribution in [-0.4, -0.2) is 33.9 Å². The molecular weight excluding hydrogens is 368 g/mol. The second-order valence-corrected chi connectivity index (χ2v) is 6.56. The molecule has 8 heteroatoms. The van der Waals surface area contributed by atoms with Crippen molar-refractivity contribution in [3.8, 4) is 11.3 Å². The monoisotopic (exact) mass is 390 g/mol. The van der Waals surface area contributed by atoms with E-state index in [9.17, 15) is 9.59 Å². The van der Waals surface area contributed by atoms with Crippen LogP contribution in [0.2, 0.25) is 0 Å². The van der Waals surface area contributed by atoms with E-state index in [1.165, 1.54) is 0 Å². The third-order valence-corrected chi connectivity index (χ3v) is 4.36. The van der Waals surface area contributed by atoms with Crippen molar-refractivity contribution < 1.29 is 9.59 Å². The minimum absolute atomic E-state index is 0.00820. The van der Waals surface area contributed by atoms with Gasteiger partial charge in [-0.25, -0.2) is 0 Å². The molecule has 8 nitrogen and oxygen atoms in total. The Balaban J connectivity index is 1.53. The van der Waals surface area contributed by atoms with Crippen molar-refractivity contribution in [1.29, 1.82) is 5.41 Å². The van der Waals surface area contributed by atoms with Gasteiger partial charge in [0.25, 0.3) is 5.91 Å². The van der Waals surface area contributed by atoms with E-state index in [2.05, 4.69) is 20.8 Å². The van der Waals surface area contributed by atoms with Crippen LogP contribution in [-0.2, 0) is 11.3 Å². The number of hydrogen-bond acceptors (Lipinski definition) is 4. The lowest BCUT2D eigenvalue weighted by molar-refractivity contribution is -0.122. The summed E-state index contributed by atoms with van der Waals surface area (Å²) in [5.41, 5.74) is 8.73. The number of hydrogen-bond donors (Lipinski definition) is 5. The Morgan fingerprint density at radius 1 is 1.14 bits per heavy atom. The number of aromatic amines is 1. The van der Waals surface area contributed by atoms with E-state index in [1.807, 2.05) is 30.3 Å². The molecule has 1 atom stereocenters. The number of amidine groups is 1. The van der Waals surface area contributed by atoms with Gasteiger partial charge in [-0.05, 0) is 18.6 Å². The molecule has 29 heavy (non-hydrogen) atoms. The molecule has 0 aliphatic rings. The highest BCUT2D eigenvalue weighted by atomic mass is 16.2. The van der Waals surface area contributed by atoms with Crippen LogP contribution in [0.25, 0.3) is 11.3 Å². The van der Waals surface area contributed by atoms with Gasteiger partial charge in [0.1, 0.15) is 17.6 Å². The van der Waals surface area contributed by atoms with Gasteiger partial charge in [-0.3, -0.25) is 20.1 Å². The quantitative estimate of drug-likeness (QED) is 0.310. The van der Waals surface area contributed by atoms with Gasteiger partial charge in [-0.2, -0.15) is 5.10 Å². The molecule has 1 unspecified atom stereocenters. The van der Waals surface area contributed by atoms with Crippen LogP contribution in [0.5, 0.6) is 0 Å². The van der Waals surface area contributed by atoms with Crippen LogP contribution >= 0.6 is 0 Å². The highest BCUT2D eigenvalue weighted by Crippen LogP contribution is 2.16. The summed E-state index contributed by atoms with van der Waals surface area (Å²) in [6.07, 6.45) is 0. The van der Waals surface area contributed by atoms with Crippen LogP contribution in [0.3, 0.4) is 0 Å². The number of carbonyl (C=O) groups is 2. The van der Waals surface area contributed by atoms with Gasteiger partial charge >= 0.3 is 0 Å².